The van der Waals surface area contributed by atoms with Crippen molar-refractivity contribution in [2.24, 2.45) is 0 Å². The topological polar surface area (TPSA) is 35.5 Å². The molecule has 0 aliphatic heterocycles. The van der Waals surface area contributed by atoms with Crippen molar-refractivity contribution in [1.29, 1.82) is 0 Å². The van der Waals surface area contributed by atoms with Crippen LogP contribution in [0.25, 0.3) is 11.1 Å². The Bertz CT molecular complexity index is 985. The van der Waals surface area contributed by atoms with E-state index in [1.165, 1.54) is 23.8 Å². The molecule has 3 nitrogen and oxygen atoms in total. The molecule has 3 aromatic carbocycles. The van der Waals surface area contributed by atoms with Crippen LogP contribution in [-0.4, -0.2) is 13.1 Å². The smallest absolute Gasteiger partial charge is 0.306 e. The Morgan fingerprint density at radius 3 is 2.37 bits per heavy atom. The van der Waals surface area contributed by atoms with E-state index >= 15 is 0 Å². The number of allylic oxidation sites excluding steroid dienone is 2. The normalized spacial score (nSPS) is 12.0. The molecule has 1 atom stereocenters. The van der Waals surface area contributed by atoms with Crippen LogP contribution < -0.4 is 4.74 Å². The summed E-state index contributed by atoms with van der Waals surface area (Å²) in [5.74, 6) is 0.589. The van der Waals surface area contributed by atoms with Gasteiger partial charge in [0.2, 0.25) is 0 Å². The molecule has 0 amide bonds. The molecule has 0 saturated heterocycles. The molecule has 3 heteroatoms. The van der Waals surface area contributed by atoms with Crippen molar-refractivity contribution in [3.05, 3.63) is 102 Å². The SMILES string of the molecule is C/C=C\[C@@H](CC(=O)OC)c1ccc(OCc2cccc(-c3ccc(C)cc3)c2)cc1. The highest BCUT2D eigenvalue weighted by molar-refractivity contribution is 5.70. The van der Waals surface area contributed by atoms with Gasteiger partial charge in [0.15, 0.2) is 0 Å². The Hall–Kier alpha value is -3.33. The van der Waals surface area contributed by atoms with Crippen molar-refractivity contribution in [3.63, 3.8) is 0 Å². The summed E-state index contributed by atoms with van der Waals surface area (Å²) < 4.78 is 10.8. The average molecular weight is 401 g/mol. The number of hydrogen-bond acceptors (Lipinski definition) is 3. The predicted octanol–water partition coefficient (Wildman–Crippen LogP) is 6.46. The number of carbonyl (C=O) groups is 1. The first-order chi connectivity index (χ1) is 14.6. The second-order valence-electron chi connectivity index (χ2n) is 7.34. The van der Waals surface area contributed by atoms with Gasteiger partial charge in [0, 0.05) is 5.92 Å². The second-order valence-corrected chi connectivity index (χ2v) is 7.34. The minimum absolute atomic E-state index is 0.00249. The second kappa shape index (κ2) is 10.4. The minimum Gasteiger partial charge on any atom is -0.489 e. The first-order valence-electron chi connectivity index (χ1n) is 10.2. The largest absolute Gasteiger partial charge is 0.489 e. The first kappa shape index (κ1) is 21.4. The molecule has 0 aromatic heterocycles. The van der Waals surface area contributed by atoms with Crippen molar-refractivity contribution in [2.75, 3.05) is 7.11 Å². The van der Waals surface area contributed by atoms with E-state index in [1.54, 1.807) is 0 Å². The molecule has 0 bridgehead atoms. The monoisotopic (exact) mass is 400 g/mol. The number of rotatable bonds is 8. The van der Waals surface area contributed by atoms with Crippen LogP contribution in [0.1, 0.15) is 36.0 Å². The minimum atomic E-state index is -0.216. The van der Waals surface area contributed by atoms with Crippen molar-refractivity contribution in [3.8, 4) is 16.9 Å². The highest BCUT2D eigenvalue weighted by Crippen LogP contribution is 2.25. The van der Waals surface area contributed by atoms with Gasteiger partial charge in [0.25, 0.3) is 0 Å². The van der Waals surface area contributed by atoms with E-state index in [-0.39, 0.29) is 11.9 Å². The zero-order valence-corrected chi connectivity index (χ0v) is 17.8. The van der Waals surface area contributed by atoms with E-state index in [9.17, 15) is 4.79 Å². The zero-order valence-electron chi connectivity index (χ0n) is 17.8. The Balaban J connectivity index is 1.65. The molecule has 3 aromatic rings. The molecule has 0 aliphatic carbocycles. The molecule has 0 fully saturated rings. The molecule has 0 aliphatic rings. The molecule has 30 heavy (non-hydrogen) atoms. The van der Waals surface area contributed by atoms with E-state index in [4.69, 9.17) is 9.47 Å². The number of hydrogen-bond donors (Lipinski definition) is 0. The summed E-state index contributed by atoms with van der Waals surface area (Å²) in [6.07, 6.45) is 4.30. The van der Waals surface area contributed by atoms with Gasteiger partial charge in [-0.15, -0.1) is 0 Å². The number of aryl methyl sites for hydroxylation is 1. The third kappa shape index (κ3) is 5.84. The molecule has 0 N–H and O–H groups in total. The van der Waals surface area contributed by atoms with Gasteiger partial charge in [0.1, 0.15) is 12.4 Å². The maximum atomic E-state index is 11.7. The fraction of sp³-hybridized carbons (Fsp3) is 0.222. The summed E-state index contributed by atoms with van der Waals surface area (Å²) in [7, 11) is 1.42. The summed E-state index contributed by atoms with van der Waals surface area (Å²) in [5, 5.41) is 0. The van der Waals surface area contributed by atoms with E-state index < -0.39 is 0 Å². The van der Waals surface area contributed by atoms with Crippen LogP contribution >= 0.6 is 0 Å². The maximum absolute atomic E-state index is 11.7. The highest BCUT2D eigenvalue weighted by atomic mass is 16.5. The third-order valence-electron chi connectivity index (χ3n) is 5.06. The number of benzene rings is 3. The summed E-state index contributed by atoms with van der Waals surface area (Å²) in [6.45, 7) is 4.54. The number of methoxy groups -OCH3 is 1. The summed E-state index contributed by atoms with van der Waals surface area (Å²) in [6, 6.07) is 24.9. The first-order valence-corrected chi connectivity index (χ1v) is 10.2. The molecular weight excluding hydrogens is 372 g/mol. The number of esters is 1. The molecule has 0 saturated carbocycles. The Kier molecular flexibility index (Phi) is 7.45. The fourth-order valence-corrected chi connectivity index (χ4v) is 3.36. The van der Waals surface area contributed by atoms with E-state index in [2.05, 4.69) is 55.5 Å². The molecule has 0 heterocycles. The molecule has 154 valence electrons. The fourth-order valence-electron chi connectivity index (χ4n) is 3.36. The van der Waals surface area contributed by atoms with Crippen LogP contribution in [0.15, 0.2) is 84.9 Å². The van der Waals surface area contributed by atoms with E-state index in [1.807, 2.05) is 43.3 Å². The standard InChI is InChI=1S/C27H28O3/c1-4-6-24(18-27(28)29-3)23-13-15-26(16-14-23)30-19-21-7-5-8-25(17-21)22-11-9-20(2)10-12-22/h4-17,24H,18-19H2,1-3H3/b6-4-/t24-/m0/s1. The summed E-state index contributed by atoms with van der Waals surface area (Å²) in [4.78, 5) is 11.7. The maximum Gasteiger partial charge on any atom is 0.306 e. The number of carbonyl (C=O) groups excluding carboxylic acids is 1. The van der Waals surface area contributed by atoms with E-state index in [0.29, 0.717) is 13.0 Å². The van der Waals surface area contributed by atoms with Crippen molar-refractivity contribution < 1.29 is 14.3 Å². The Morgan fingerprint density at radius 1 is 0.967 bits per heavy atom. The van der Waals surface area contributed by atoms with Gasteiger partial charge >= 0.3 is 5.97 Å². The van der Waals surface area contributed by atoms with Crippen LogP contribution in [0.3, 0.4) is 0 Å². The van der Waals surface area contributed by atoms with Gasteiger partial charge in [-0.3, -0.25) is 4.79 Å². The lowest BCUT2D eigenvalue weighted by atomic mass is 9.95. The molecule has 3 rings (SSSR count). The van der Waals surface area contributed by atoms with Gasteiger partial charge in [0.05, 0.1) is 13.5 Å². The van der Waals surface area contributed by atoms with Gasteiger partial charge < -0.3 is 9.47 Å². The molecule has 0 radical (unpaired) electrons. The van der Waals surface area contributed by atoms with E-state index in [0.717, 1.165) is 16.9 Å². The summed E-state index contributed by atoms with van der Waals surface area (Å²) in [5.41, 5.74) is 5.82. The zero-order chi connectivity index (χ0) is 21.3. The van der Waals surface area contributed by atoms with Gasteiger partial charge in [-0.1, -0.05) is 72.3 Å². The van der Waals surface area contributed by atoms with Crippen LogP contribution in [0, 0.1) is 6.92 Å². The summed E-state index contributed by atoms with van der Waals surface area (Å²) >= 11 is 0. The Labute approximate surface area is 179 Å². The Morgan fingerprint density at radius 2 is 1.70 bits per heavy atom. The predicted molar refractivity (Wildman–Crippen MR) is 122 cm³/mol. The lowest BCUT2D eigenvalue weighted by Gasteiger charge is -2.13. The van der Waals surface area contributed by atoms with Gasteiger partial charge in [-0.2, -0.15) is 0 Å². The molecular formula is C27H28O3. The molecule has 0 unspecified atom stereocenters. The van der Waals surface area contributed by atoms with Crippen LogP contribution in [-0.2, 0) is 16.1 Å². The van der Waals surface area contributed by atoms with Crippen molar-refractivity contribution in [2.45, 2.75) is 32.8 Å². The number of ether oxygens (including phenoxy) is 2. The third-order valence-corrected chi connectivity index (χ3v) is 5.06. The van der Waals surface area contributed by atoms with Crippen LogP contribution in [0.2, 0.25) is 0 Å². The molecule has 0 spiro atoms. The van der Waals surface area contributed by atoms with Crippen LogP contribution in [0.4, 0.5) is 0 Å². The average Bonchev–Trinajstić information content (AvgIpc) is 2.78. The highest BCUT2D eigenvalue weighted by Gasteiger charge is 2.13. The van der Waals surface area contributed by atoms with Gasteiger partial charge in [-0.25, -0.2) is 0 Å². The van der Waals surface area contributed by atoms with Crippen LogP contribution in [0.5, 0.6) is 5.75 Å². The lowest BCUT2D eigenvalue weighted by Crippen LogP contribution is -2.07. The van der Waals surface area contributed by atoms with Gasteiger partial charge in [-0.05, 0) is 54.3 Å². The lowest BCUT2D eigenvalue weighted by molar-refractivity contribution is -0.140. The van der Waals surface area contributed by atoms with Crippen molar-refractivity contribution in [1.82, 2.24) is 0 Å². The quantitative estimate of drug-likeness (QED) is 0.321. The van der Waals surface area contributed by atoms with Crippen molar-refractivity contribution >= 4 is 5.97 Å².